The standard InChI is InChI=1S/C24H24F2N2O3.C2H6.CH4O/c1-16(29)24-27-9-11-28(24)10-2-3-17-4-6-20(21(25)13-17)18-5-7-23(22(26)14-18)31-19-8-12-30-15-19;2*1-2/h4-7,9,11,13-14,16,19,24,27,29H,8,10,12,15H2,1H3;1-2H3;2H,1H3/t16?,19-,24?;;/m0../s1. The average Bonchev–Trinajstić information content (AvgIpc) is 3.55. The van der Waals surface area contributed by atoms with Gasteiger partial charge in [0, 0.05) is 37.1 Å². The van der Waals surface area contributed by atoms with Crippen LogP contribution in [-0.4, -0.2) is 60.4 Å². The third kappa shape index (κ3) is 7.69. The molecule has 0 bridgehead atoms. The second kappa shape index (κ2) is 14.3. The van der Waals surface area contributed by atoms with Crippen molar-refractivity contribution < 1.29 is 28.5 Å². The van der Waals surface area contributed by atoms with Gasteiger partial charge < -0.3 is 29.9 Å². The Labute approximate surface area is 206 Å². The van der Waals surface area contributed by atoms with E-state index in [1.807, 2.05) is 24.9 Å². The molecule has 0 amide bonds. The van der Waals surface area contributed by atoms with E-state index in [1.54, 1.807) is 31.3 Å². The van der Waals surface area contributed by atoms with Gasteiger partial charge in [-0.3, -0.25) is 0 Å². The minimum atomic E-state index is -0.558. The van der Waals surface area contributed by atoms with Crippen molar-refractivity contribution in [1.82, 2.24) is 10.2 Å². The van der Waals surface area contributed by atoms with Gasteiger partial charge in [0.2, 0.25) is 0 Å². The molecule has 3 atom stereocenters. The Hall–Kier alpha value is -3.12. The van der Waals surface area contributed by atoms with Crippen molar-refractivity contribution in [2.75, 3.05) is 26.9 Å². The van der Waals surface area contributed by atoms with Gasteiger partial charge in [0.1, 0.15) is 18.1 Å². The van der Waals surface area contributed by atoms with Gasteiger partial charge in [0.25, 0.3) is 0 Å². The minimum Gasteiger partial charge on any atom is -0.485 e. The van der Waals surface area contributed by atoms with E-state index >= 15 is 0 Å². The number of benzene rings is 2. The van der Waals surface area contributed by atoms with E-state index in [1.165, 1.54) is 18.2 Å². The number of hydrogen-bond acceptors (Lipinski definition) is 6. The molecule has 1 saturated heterocycles. The van der Waals surface area contributed by atoms with Crippen molar-refractivity contribution in [3.63, 3.8) is 0 Å². The molecule has 2 aliphatic rings. The van der Waals surface area contributed by atoms with Crippen LogP contribution in [0, 0.1) is 23.5 Å². The van der Waals surface area contributed by atoms with E-state index in [-0.39, 0.29) is 18.0 Å². The molecule has 8 heteroatoms. The summed E-state index contributed by atoms with van der Waals surface area (Å²) in [5.41, 5.74) is 1.24. The number of aliphatic hydroxyl groups is 2. The number of halogens is 2. The topological polar surface area (TPSA) is 74.2 Å². The predicted molar refractivity (Wildman–Crippen MR) is 132 cm³/mol. The largest absolute Gasteiger partial charge is 0.485 e. The SMILES string of the molecule is CC.CC(O)C1NC=CN1CC#Cc1ccc(-c2ccc(O[C@H]3CCOC3)c(F)c2)c(F)c1.CO. The summed E-state index contributed by atoms with van der Waals surface area (Å²) < 4.78 is 40.0. The Morgan fingerprint density at radius 3 is 2.57 bits per heavy atom. The summed E-state index contributed by atoms with van der Waals surface area (Å²) in [6, 6.07) is 9.07. The Morgan fingerprint density at radius 2 is 1.94 bits per heavy atom. The molecule has 2 unspecified atom stereocenters. The molecule has 0 radical (unpaired) electrons. The number of ether oxygens (including phenoxy) is 2. The van der Waals surface area contributed by atoms with Crippen molar-refractivity contribution in [3.05, 3.63) is 66.0 Å². The van der Waals surface area contributed by atoms with Gasteiger partial charge in [-0.05, 0) is 36.8 Å². The van der Waals surface area contributed by atoms with Crippen LogP contribution < -0.4 is 10.1 Å². The first-order valence-corrected chi connectivity index (χ1v) is 11.7. The minimum absolute atomic E-state index is 0.142. The van der Waals surface area contributed by atoms with Crippen molar-refractivity contribution >= 4 is 0 Å². The maximum Gasteiger partial charge on any atom is 0.165 e. The van der Waals surface area contributed by atoms with Crippen LogP contribution in [0.5, 0.6) is 5.75 Å². The molecule has 0 aliphatic carbocycles. The number of rotatable bonds is 5. The van der Waals surface area contributed by atoms with E-state index in [2.05, 4.69) is 17.2 Å². The summed E-state index contributed by atoms with van der Waals surface area (Å²) in [6.07, 6.45) is 3.36. The number of nitrogens with zero attached hydrogens (tertiary/aromatic N) is 1. The molecule has 0 saturated carbocycles. The molecule has 190 valence electrons. The highest BCUT2D eigenvalue weighted by Gasteiger charge is 2.22. The van der Waals surface area contributed by atoms with Crippen LogP contribution in [0.1, 0.15) is 32.8 Å². The molecule has 1 fully saturated rings. The second-order valence-electron chi connectivity index (χ2n) is 7.59. The van der Waals surface area contributed by atoms with Gasteiger partial charge in [0.15, 0.2) is 11.6 Å². The Kier molecular flexibility index (Phi) is 11.5. The zero-order chi connectivity index (χ0) is 25.8. The van der Waals surface area contributed by atoms with Gasteiger partial charge >= 0.3 is 0 Å². The average molecular weight is 489 g/mol. The van der Waals surface area contributed by atoms with Crippen LogP contribution >= 0.6 is 0 Å². The number of nitrogens with one attached hydrogen (secondary N) is 1. The Balaban J connectivity index is 0.00000103. The molecule has 2 aromatic carbocycles. The van der Waals surface area contributed by atoms with Crippen LogP contribution in [0.25, 0.3) is 11.1 Å². The van der Waals surface area contributed by atoms with Crippen molar-refractivity contribution in [3.8, 4) is 28.7 Å². The zero-order valence-corrected chi connectivity index (χ0v) is 20.6. The lowest BCUT2D eigenvalue weighted by Gasteiger charge is -2.25. The summed E-state index contributed by atoms with van der Waals surface area (Å²) >= 11 is 0. The van der Waals surface area contributed by atoms with Crippen LogP contribution in [0.15, 0.2) is 48.8 Å². The molecule has 2 aliphatic heterocycles. The maximum atomic E-state index is 14.7. The number of hydrogen-bond donors (Lipinski definition) is 3. The summed E-state index contributed by atoms with van der Waals surface area (Å²) in [7, 11) is 1.00. The number of aliphatic hydroxyl groups excluding tert-OH is 2. The Bertz CT molecular complexity index is 1030. The Morgan fingerprint density at radius 1 is 1.17 bits per heavy atom. The maximum absolute atomic E-state index is 14.7. The van der Waals surface area contributed by atoms with E-state index in [4.69, 9.17) is 14.6 Å². The lowest BCUT2D eigenvalue weighted by Crippen LogP contribution is -2.43. The molecule has 6 nitrogen and oxygen atoms in total. The monoisotopic (exact) mass is 488 g/mol. The van der Waals surface area contributed by atoms with Crippen LogP contribution in [0.3, 0.4) is 0 Å². The lowest BCUT2D eigenvalue weighted by atomic mass is 10.0. The highest BCUT2D eigenvalue weighted by Crippen LogP contribution is 2.29. The van der Waals surface area contributed by atoms with E-state index in [0.29, 0.717) is 36.4 Å². The summed E-state index contributed by atoms with van der Waals surface area (Å²) in [5, 5.41) is 19.8. The van der Waals surface area contributed by atoms with Gasteiger partial charge in [-0.2, -0.15) is 0 Å². The fourth-order valence-corrected chi connectivity index (χ4v) is 3.60. The fourth-order valence-electron chi connectivity index (χ4n) is 3.60. The van der Waals surface area contributed by atoms with Gasteiger partial charge in [0.05, 0.1) is 25.9 Å². The smallest absolute Gasteiger partial charge is 0.165 e. The third-order valence-corrected chi connectivity index (χ3v) is 5.24. The molecule has 2 heterocycles. The van der Waals surface area contributed by atoms with Crippen LogP contribution in [-0.2, 0) is 4.74 Å². The second-order valence-corrected chi connectivity index (χ2v) is 7.59. The predicted octanol–water partition coefficient (Wildman–Crippen LogP) is 3.87. The normalized spacial score (nSPS) is 18.8. The van der Waals surface area contributed by atoms with Crippen LogP contribution in [0.2, 0.25) is 0 Å². The highest BCUT2D eigenvalue weighted by atomic mass is 19.1. The van der Waals surface area contributed by atoms with Gasteiger partial charge in [-0.15, -0.1) is 0 Å². The van der Waals surface area contributed by atoms with E-state index in [9.17, 15) is 13.9 Å². The van der Waals surface area contributed by atoms with E-state index in [0.717, 1.165) is 13.5 Å². The van der Waals surface area contributed by atoms with Crippen molar-refractivity contribution in [2.24, 2.45) is 0 Å². The summed E-state index contributed by atoms with van der Waals surface area (Å²) in [6.45, 7) is 7.14. The third-order valence-electron chi connectivity index (χ3n) is 5.24. The van der Waals surface area contributed by atoms with Gasteiger partial charge in [-0.25, -0.2) is 8.78 Å². The molecule has 0 aromatic heterocycles. The molecule has 3 N–H and O–H groups in total. The van der Waals surface area contributed by atoms with Gasteiger partial charge in [-0.1, -0.05) is 37.8 Å². The zero-order valence-electron chi connectivity index (χ0n) is 20.6. The first-order valence-electron chi connectivity index (χ1n) is 11.7. The molecular formula is C27H34F2N2O4. The fraction of sp³-hybridized carbons (Fsp3) is 0.407. The van der Waals surface area contributed by atoms with E-state index < -0.39 is 17.7 Å². The van der Waals surface area contributed by atoms with Crippen molar-refractivity contribution in [2.45, 2.75) is 45.6 Å². The molecular weight excluding hydrogens is 454 g/mol. The molecule has 0 spiro atoms. The lowest BCUT2D eigenvalue weighted by molar-refractivity contribution is 0.0928. The first kappa shape index (κ1) is 28.1. The van der Waals surface area contributed by atoms with Crippen molar-refractivity contribution in [1.29, 1.82) is 0 Å². The first-order chi connectivity index (χ1) is 17.0. The summed E-state index contributed by atoms with van der Waals surface area (Å²) in [5.74, 6) is 5.05. The quantitative estimate of drug-likeness (QED) is 0.555. The molecule has 2 aromatic rings. The highest BCUT2D eigenvalue weighted by molar-refractivity contribution is 5.66. The molecule has 4 rings (SSSR count). The summed E-state index contributed by atoms with van der Waals surface area (Å²) in [4.78, 5) is 1.87. The van der Waals surface area contributed by atoms with Crippen LogP contribution in [0.4, 0.5) is 8.78 Å². The molecule has 35 heavy (non-hydrogen) atoms.